The Bertz CT molecular complexity index is 623. The lowest BCUT2D eigenvalue weighted by Crippen LogP contribution is -2.46. The summed E-state index contributed by atoms with van der Waals surface area (Å²) in [6.07, 6.45) is 7.64. The zero-order valence-corrected chi connectivity index (χ0v) is 14.4. The van der Waals surface area contributed by atoms with Gasteiger partial charge < -0.3 is 10.2 Å². The highest BCUT2D eigenvalue weighted by molar-refractivity contribution is 5.79. The Kier molecular flexibility index (Phi) is 5.34. The number of carbonyl (C=O) groups is 1. The molecule has 24 heavy (non-hydrogen) atoms. The zero-order chi connectivity index (χ0) is 16.9. The summed E-state index contributed by atoms with van der Waals surface area (Å²) in [7, 11) is 0. The first-order valence-electron chi connectivity index (χ1n) is 9.10. The molecule has 0 aromatic carbocycles. The number of anilines is 1. The average Bonchev–Trinajstić information content (AvgIpc) is 2.63. The van der Waals surface area contributed by atoms with Crippen LogP contribution in [0.5, 0.6) is 0 Å². The van der Waals surface area contributed by atoms with Crippen LogP contribution in [0.1, 0.15) is 56.2 Å². The highest BCUT2D eigenvalue weighted by Crippen LogP contribution is 2.25. The topological polar surface area (TPSA) is 69.0 Å². The van der Waals surface area contributed by atoms with Crippen LogP contribution in [0.25, 0.3) is 0 Å². The summed E-state index contributed by atoms with van der Waals surface area (Å²) < 4.78 is 0. The van der Waals surface area contributed by atoms with E-state index in [1.54, 1.807) is 0 Å². The number of hydrogen-bond donors (Lipinski definition) is 1. The molecule has 2 aliphatic rings. The molecule has 1 aromatic rings. The van der Waals surface area contributed by atoms with Crippen LogP contribution in [0.2, 0.25) is 0 Å². The first-order chi connectivity index (χ1) is 11.7. The summed E-state index contributed by atoms with van der Waals surface area (Å²) in [5.74, 6) is 1.36. The minimum atomic E-state index is 0.230. The molecule has 2 fully saturated rings. The number of rotatable bonds is 3. The second-order valence-electron chi connectivity index (χ2n) is 7.05. The molecule has 0 bridgehead atoms. The van der Waals surface area contributed by atoms with E-state index in [9.17, 15) is 4.79 Å². The van der Waals surface area contributed by atoms with Crippen molar-refractivity contribution >= 4 is 11.7 Å². The molecule has 0 radical (unpaired) electrons. The zero-order valence-electron chi connectivity index (χ0n) is 14.4. The van der Waals surface area contributed by atoms with Crippen LogP contribution in [0, 0.1) is 24.2 Å². The van der Waals surface area contributed by atoms with E-state index in [4.69, 9.17) is 5.26 Å². The van der Waals surface area contributed by atoms with Gasteiger partial charge in [-0.2, -0.15) is 5.26 Å². The Balaban J connectivity index is 1.52. The maximum Gasteiger partial charge on any atom is 0.223 e. The molecule has 1 aliphatic carbocycles. The van der Waals surface area contributed by atoms with Gasteiger partial charge in [0.2, 0.25) is 5.91 Å². The SMILES string of the molecule is Cc1ccc(N2CCC(NC(=O)C3CCCCC3)CC2)nc1C#N. The van der Waals surface area contributed by atoms with E-state index in [2.05, 4.69) is 21.3 Å². The molecular weight excluding hydrogens is 300 g/mol. The summed E-state index contributed by atoms with van der Waals surface area (Å²) >= 11 is 0. The molecule has 5 heteroatoms. The van der Waals surface area contributed by atoms with Gasteiger partial charge in [0.1, 0.15) is 17.6 Å². The van der Waals surface area contributed by atoms with Gasteiger partial charge in [-0.1, -0.05) is 25.3 Å². The lowest BCUT2D eigenvalue weighted by Gasteiger charge is -2.34. The van der Waals surface area contributed by atoms with Gasteiger partial charge in [0.25, 0.3) is 0 Å². The van der Waals surface area contributed by atoms with Gasteiger partial charge >= 0.3 is 0 Å². The molecule has 1 N–H and O–H groups in total. The normalized spacial score (nSPS) is 19.8. The van der Waals surface area contributed by atoms with Gasteiger partial charge in [-0.3, -0.25) is 4.79 Å². The maximum atomic E-state index is 12.4. The van der Waals surface area contributed by atoms with E-state index in [0.29, 0.717) is 5.69 Å². The first kappa shape index (κ1) is 16.8. The number of pyridine rings is 1. The smallest absolute Gasteiger partial charge is 0.223 e. The van der Waals surface area contributed by atoms with Crippen molar-refractivity contribution in [2.75, 3.05) is 18.0 Å². The molecule has 128 valence electrons. The number of hydrogen-bond acceptors (Lipinski definition) is 4. The fourth-order valence-corrected chi connectivity index (χ4v) is 3.74. The molecule has 1 saturated heterocycles. The Morgan fingerprint density at radius 3 is 2.58 bits per heavy atom. The monoisotopic (exact) mass is 326 g/mol. The van der Waals surface area contributed by atoms with Crippen LogP contribution < -0.4 is 10.2 Å². The fraction of sp³-hybridized carbons (Fsp3) is 0.632. The fourth-order valence-electron chi connectivity index (χ4n) is 3.74. The van der Waals surface area contributed by atoms with Crippen LogP contribution in [0.15, 0.2) is 12.1 Å². The number of aryl methyl sites for hydroxylation is 1. The first-order valence-corrected chi connectivity index (χ1v) is 9.10. The van der Waals surface area contributed by atoms with Gasteiger partial charge in [-0.05, 0) is 44.2 Å². The molecule has 1 aliphatic heterocycles. The van der Waals surface area contributed by atoms with Crippen molar-refractivity contribution in [1.29, 1.82) is 5.26 Å². The van der Waals surface area contributed by atoms with E-state index >= 15 is 0 Å². The molecule has 0 atom stereocenters. The van der Waals surface area contributed by atoms with Crippen molar-refractivity contribution < 1.29 is 4.79 Å². The summed E-state index contributed by atoms with van der Waals surface area (Å²) in [4.78, 5) is 19.0. The second-order valence-corrected chi connectivity index (χ2v) is 7.05. The Hall–Kier alpha value is -2.09. The minimum absolute atomic E-state index is 0.230. The molecule has 1 saturated carbocycles. The van der Waals surface area contributed by atoms with Gasteiger partial charge in [-0.25, -0.2) is 4.98 Å². The summed E-state index contributed by atoms with van der Waals surface area (Å²) in [6.45, 7) is 3.65. The Morgan fingerprint density at radius 1 is 1.21 bits per heavy atom. The highest BCUT2D eigenvalue weighted by Gasteiger charge is 2.26. The third-order valence-corrected chi connectivity index (χ3v) is 5.33. The number of piperidine rings is 1. The largest absolute Gasteiger partial charge is 0.356 e. The molecule has 5 nitrogen and oxygen atoms in total. The standard InChI is InChI=1S/C19H26N4O/c1-14-7-8-18(22-17(14)13-20)23-11-9-16(10-12-23)21-19(24)15-5-3-2-4-6-15/h7-8,15-16H,2-6,9-12H2,1H3,(H,21,24). The number of nitrogens with one attached hydrogen (secondary N) is 1. The maximum absolute atomic E-state index is 12.4. The van der Waals surface area contributed by atoms with E-state index in [1.165, 1.54) is 19.3 Å². The minimum Gasteiger partial charge on any atom is -0.356 e. The van der Waals surface area contributed by atoms with Crippen molar-refractivity contribution in [2.24, 2.45) is 5.92 Å². The highest BCUT2D eigenvalue weighted by atomic mass is 16.1. The van der Waals surface area contributed by atoms with Crippen LogP contribution in [-0.4, -0.2) is 30.0 Å². The third-order valence-electron chi connectivity index (χ3n) is 5.33. The molecule has 1 aromatic heterocycles. The number of nitriles is 1. The molecule has 3 rings (SSSR count). The summed E-state index contributed by atoms with van der Waals surface area (Å²) in [5.41, 5.74) is 1.41. The molecule has 0 unspecified atom stereocenters. The van der Waals surface area contributed by atoms with Crippen LogP contribution in [-0.2, 0) is 4.79 Å². The van der Waals surface area contributed by atoms with Gasteiger partial charge in [0.05, 0.1) is 0 Å². The quantitative estimate of drug-likeness (QED) is 0.927. The predicted octanol–water partition coefficient (Wildman–Crippen LogP) is 2.93. The van der Waals surface area contributed by atoms with E-state index in [0.717, 1.165) is 50.2 Å². The number of aromatic nitrogens is 1. The van der Waals surface area contributed by atoms with E-state index in [-0.39, 0.29) is 17.9 Å². The predicted molar refractivity (Wildman–Crippen MR) is 93.6 cm³/mol. The summed E-state index contributed by atoms with van der Waals surface area (Å²) in [6, 6.07) is 6.37. The van der Waals surface area contributed by atoms with E-state index in [1.807, 2.05) is 19.1 Å². The third kappa shape index (κ3) is 3.87. The Labute approximate surface area is 144 Å². The summed E-state index contributed by atoms with van der Waals surface area (Å²) in [5, 5.41) is 12.4. The van der Waals surface area contributed by atoms with Gasteiger partial charge in [0.15, 0.2) is 0 Å². The van der Waals surface area contributed by atoms with E-state index < -0.39 is 0 Å². The molecule has 2 heterocycles. The van der Waals surface area contributed by atoms with Crippen LogP contribution in [0.3, 0.4) is 0 Å². The molecule has 0 spiro atoms. The van der Waals surface area contributed by atoms with Gasteiger partial charge in [0, 0.05) is 25.0 Å². The molecule has 1 amide bonds. The van der Waals surface area contributed by atoms with Crippen LogP contribution >= 0.6 is 0 Å². The Morgan fingerprint density at radius 2 is 1.92 bits per heavy atom. The van der Waals surface area contributed by atoms with Crippen molar-refractivity contribution in [3.8, 4) is 6.07 Å². The second kappa shape index (κ2) is 7.65. The lowest BCUT2D eigenvalue weighted by molar-refractivity contribution is -0.126. The molecular formula is C19H26N4O. The van der Waals surface area contributed by atoms with Gasteiger partial charge in [-0.15, -0.1) is 0 Å². The number of amides is 1. The average molecular weight is 326 g/mol. The van der Waals surface area contributed by atoms with Crippen molar-refractivity contribution in [1.82, 2.24) is 10.3 Å². The van der Waals surface area contributed by atoms with Crippen LogP contribution in [0.4, 0.5) is 5.82 Å². The number of nitrogens with zero attached hydrogens (tertiary/aromatic N) is 3. The lowest BCUT2D eigenvalue weighted by atomic mass is 9.88. The number of carbonyl (C=O) groups excluding carboxylic acids is 1. The van der Waals surface area contributed by atoms with Crippen molar-refractivity contribution in [2.45, 2.75) is 57.9 Å². The van der Waals surface area contributed by atoms with Crippen molar-refractivity contribution in [3.05, 3.63) is 23.4 Å². The van der Waals surface area contributed by atoms with Crippen molar-refractivity contribution in [3.63, 3.8) is 0 Å².